The topological polar surface area (TPSA) is 71.8 Å². The van der Waals surface area contributed by atoms with Crippen LogP contribution in [0.2, 0.25) is 0 Å². The van der Waals surface area contributed by atoms with Gasteiger partial charge in [0.25, 0.3) is 5.91 Å². The van der Waals surface area contributed by atoms with Crippen LogP contribution in [0.4, 0.5) is 10.2 Å². The molecule has 154 valence electrons. The monoisotopic (exact) mass is 407 g/mol. The summed E-state index contributed by atoms with van der Waals surface area (Å²) in [6.45, 7) is 5.20. The fraction of sp³-hybridized carbons (Fsp3) is 0.409. The van der Waals surface area contributed by atoms with E-state index in [2.05, 4.69) is 22.2 Å². The van der Waals surface area contributed by atoms with Gasteiger partial charge < -0.3 is 15.0 Å². The molecule has 1 N–H and O–H groups in total. The number of hydrogen-bond donors (Lipinski definition) is 1. The van der Waals surface area contributed by atoms with Crippen LogP contribution in [-0.4, -0.2) is 39.7 Å². The van der Waals surface area contributed by atoms with Crippen molar-refractivity contribution in [2.24, 2.45) is 11.8 Å². The molecule has 30 heavy (non-hydrogen) atoms. The van der Waals surface area contributed by atoms with Gasteiger partial charge >= 0.3 is 0 Å². The molecule has 8 heteroatoms. The van der Waals surface area contributed by atoms with Crippen LogP contribution in [0.1, 0.15) is 36.2 Å². The Morgan fingerprint density at radius 2 is 2.17 bits per heavy atom. The first-order valence-electron chi connectivity index (χ1n) is 10.4. The Balaban J connectivity index is 1.59. The summed E-state index contributed by atoms with van der Waals surface area (Å²) in [7, 11) is 0. The summed E-state index contributed by atoms with van der Waals surface area (Å²) in [5, 5.41) is 7.23. The van der Waals surface area contributed by atoms with E-state index in [1.54, 1.807) is 22.8 Å². The predicted molar refractivity (Wildman–Crippen MR) is 108 cm³/mol. The van der Waals surface area contributed by atoms with Gasteiger partial charge in [0.1, 0.15) is 29.6 Å². The summed E-state index contributed by atoms with van der Waals surface area (Å²) >= 11 is 0. The number of nitrogens with one attached hydrogen (secondary N) is 1. The third kappa shape index (κ3) is 2.21. The highest BCUT2D eigenvalue weighted by Crippen LogP contribution is 2.69. The summed E-state index contributed by atoms with van der Waals surface area (Å²) in [5.41, 5.74) is 1.46. The van der Waals surface area contributed by atoms with Crippen LogP contribution in [0.5, 0.6) is 5.75 Å². The number of aromatic nitrogens is 3. The van der Waals surface area contributed by atoms with E-state index in [9.17, 15) is 9.18 Å². The molecule has 4 heterocycles. The number of ether oxygens (including phenoxy) is 1. The average molecular weight is 407 g/mol. The van der Waals surface area contributed by atoms with E-state index < -0.39 is 0 Å². The molecule has 1 spiro atoms. The Morgan fingerprint density at radius 3 is 3.00 bits per heavy atom. The lowest BCUT2D eigenvalue weighted by Gasteiger charge is -2.32. The zero-order valence-corrected chi connectivity index (χ0v) is 16.8. The molecule has 0 unspecified atom stereocenters. The van der Waals surface area contributed by atoms with Crippen molar-refractivity contribution in [2.75, 3.05) is 18.1 Å². The zero-order valence-electron chi connectivity index (χ0n) is 16.8. The number of halogens is 1. The second kappa shape index (κ2) is 5.93. The molecule has 3 aromatic rings. The van der Waals surface area contributed by atoms with Crippen LogP contribution in [0, 0.1) is 17.7 Å². The van der Waals surface area contributed by atoms with Crippen molar-refractivity contribution in [1.82, 2.24) is 19.9 Å². The number of benzene rings is 1. The summed E-state index contributed by atoms with van der Waals surface area (Å²) in [5.74, 6) is 1.68. The summed E-state index contributed by atoms with van der Waals surface area (Å²) in [4.78, 5) is 19.9. The van der Waals surface area contributed by atoms with Crippen LogP contribution in [0.15, 0.2) is 36.7 Å². The van der Waals surface area contributed by atoms with Crippen molar-refractivity contribution in [3.05, 3.63) is 53.6 Å². The minimum Gasteiger partial charge on any atom is -0.491 e. The lowest BCUT2D eigenvalue weighted by atomic mass is 9.99. The number of hydrogen-bond acceptors (Lipinski definition) is 5. The molecule has 3 aliphatic rings. The zero-order chi connectivity index (χ0) is 20.6. The fourth-order valence-electron chi connectivity index (χ4n) is 5.56. The number of amides is 1. The molecule has 2 bridgehead atoms. The van der Waals surface area contributed by atoms with Gasteiger partial charge in [-0.25, -0.2) is 13.9 Å². The van der Waals surface area contributed by atoms with Crippen molar-refractivity contribution in [3.8, 4) is 5.75 Å². The van der Waals surface area contributed by atoms with Crippen molar-refractivity contribution >= 4 is 17.4 Å². The van der Waals surface area contributed by atoms with Crippen LogP contribution >= 0.6 is 0 Å². The van der Waals surface area contributed by atoms with Gasteiger partial charge in [-0.1, -0.05) is 6.92 Å². The molecule has 1 aliphatic carbocycles. The molecule has 1 saturated carbocycles. The van der Waals surface area contributed by atoms with Crippen molar-refractivity contribution in [3.63, 3.8) is 0 Å². The first-order valence-corrected chi connectivity index (χ1v) is 10.4. The second-order valence-electron chi connectivity index (χ2n) is 8.60. The molecule has 1 aromatic carbocycles. The Morgan fingerprint density at radius 1 is 1.30 bits per heavy atom. The smallest absolute Gasteiger partial charge is 0.257 e. The maximum atomic E-state index is 14.4. The molecular formula is C22H22FN5O2. The number of anilines is 1. The van der Waals surface area contributed by atoms with E-state index in [1.165, 1.54) is 6.07 Å². The quantitative estimate of drug-likeness (QED) is 0.621. The molecule has 2 aromatic heterocycles. The minimum absolute atomic E-state index is 0.237. The fourth-order valence-corrected chi connectivity index (χ4v) is 5.56. The van der Waals surface area contributed by atoms with E-state index in [4.69, 9.17) is 9.72 Å². The number of nitrogens with zero attached hydrogens (tertiary/aromatic N) is 4. The SMILES string of the molecule is C[C@@H]1COc2ccc(F)cc2[C@]23[C@H](CCN2c2ccn4ncc(c4n2)C(=O)N1)[C@@H]3C. The highest BCUT2D eigenvalue weighted by Gasteiger charge is 2.70. The van der Waals surface area contributed by atoms with Crippen molar-refractivity contribution in [1.29, 1.82) is 0 Å². The Labute approximate surface area is 172 Å². The van der Waals surface area contributed by atoms with Gasteiger partial charge in [0.15, 0.2) is 5.65 Å². The highest BCUT2D eigenvalue weighted by molar-refractivity contribution is 6.00. The lowest BCUT2D eigenvalue weighted by molar-refractivity contribution is 0.0928. The van der Waals surface area contributed by atoms with Gasteiger partial charge in [0.2, 0.25) is 0 Å². The Hall–Kier alpha value is -3.16. The average Bonchev–Trinajstić information content (AvgIpc) is 3.07. The predicted octanol–water partition coefficient (Wildman–Crippen LogP) is 2.75. The van der Waals surface area contributed by atoms with Crippen molar-refractivity contribution in [2.45, 2.75) is 31.8 Å². The number of carbonyl (C=O) groups excluding carboxylic acids is 1. The maximum absolute atomic E-state index is 14.4. The third-order valence-electron chi connectivity index (χ3n) is 6.98. The maximum Gasteiger partial charge on any atom is 0.257 e. The van der Waals surface area contributed by atoms with Crippen LogP contribution in [-0.2, 0) is 5.54 Å². The standard InChI is InChI=1S/C22H22FN5O2/c1-12-11-30-18-4-3-14(23)9-17(18)22-13(2)16(22)5-7-27(22)19-6-8-28-20(26-19)15(10-24-28)21(29)25-12/h3-4,6,8-10,12-13,16H,5,7,11H2,1-2H3,(H,25,29)/t12-,13+,16-,22+/m1/s1. The van der Waals surface area contributed by atoms with Gasteiger partial charge in [-0.3, -0.25) is 4.79 Å². The molecule has 1 saturated heterocycles. The first kappa shape index (κ1) is 17.7. The number of fused-ring (bicyclic) bond motifs is 3. The van der Waals surface area contributed by atoms with E-state index in [0.717, 1.165) is 24.3 Å². The second-order valence-corrected chi connectivity index (χ2v) is 8.60. The largest absolute Gasteiger partial charge is 0.491 e. The van der Waals surface area contributed by atoms with E-state index in [1.807, 2.05) is 19.2 Å². The molecule has 6 rings (SSSR count). The number of carbonyl (C=O) groups is 1. The lowest BCUT2D eigenvalue weighted by Crippen LogP contribution is -2.37. The Kier molecular flexibility index (Phi) is 3.50. The number of piperidine rings is 1. The van der Waals surface area contributed by atoms with Crippen LogP contribution in [0.3, 0.4) is 0 Å². The first-order chi connectivity index (χ1) is 14.5. The molecule has 7 nitrogen and oxygen atoms in total. The summed E-state index contributed by atoms with van der Waals surface area (Å²) in [6, 6.07) is 6.42. The molecule has 2 aliphatic heterocycles. The van der Waals surface area contributed by atoms with Crippen molar-refractivity contribution < 1.29 is 13.9 Å². The van der Waals surface area contributed by atoms with E-state index in [-0.39, 0.29) is 29.9 Å². The molecule has 4 atom stereocenters. The van der Waals surface area contributed by atoms with Gasteiger partial charge in [-0.05, 0) is 49.4 Å². The Bertz CT molecular complexity index is 1190. The molecule has 0 radical (unpaired) electrons. The normalized spacial score (nSPS) is 29.8. The van der Waals surface area contributed by atoms with Gasteiger partial charge in [0.05, 0.1) is 17.8 Å². The highest BCUT2D eigenvalue weighted by atomic mass is 19.1. The van der Waals surface area contributed by atoms with E-state index >= 15 is 0 Å². The summed E-state index contributed by atoms with van der Waals surface area (Å²) in [6.07, 6.45) is 4.38. The molecule has 2 fully saturated rings. The van der Waals surface area contributed by atoms with Gasteiger partial charge in [-0.15, -0.1) is 0 Å². The van der Waals surface area contributed by atoms with Crippen LogP contribution < -0.4 is 15.0 Å². The number of rotatable bonds is 0. The van der Waals surface area contributed by atoms with Gasteiger partial charge in [0, 0.05) is 18.3 Å². The minimum atomic E-state index is -0.350. The third-order valence-corrected chi connectivity index (χ3v) is 6.98. The molecular weight excluding hydrogens is 385 g/mol. The summed E-state index contributed by atoms with van der Waals surface area (Å²) < 4.78 is 22.1. The van der Waals surface area contributed by atoms with E-state index in [0.29, 0.717) is 28.8 Å². The van der Waals surface area contributed by atoms with Gasteiger partial charge in [-0.2, -0.15) is 5.10 Å². The molecule has 1 amide bonds. The van der Waals surface area contributed by atoms with Crippen LogP contribution in [0.25, 0.3) is 5.65 Å².